The zero-order valence-electron chi connectivity index (χ0n) is 6.75. The second-order valence-electron chi connectivity index (χ2n) is 2.51. The van der Waals surface area contributed by atoms with Crippen molar-refractivity contribution in [2.75, 3.05) is 0 Å². The number of carbonyl (C=O) groups is 1. The standard InChI is InChI=1S/C9H14O2/c1-3-8(2)6-4-5-7-9(10)11/h3,5,7-8H,1,4,6H2,2H3,(H,10,11)/p-1/b7-5+. The van der Waals surface area contributed by atoms with Crippen molar-refractivity contribution in [2.24, 2.45) is 5.92 Å². The topological polar surface area (TPSA) is 40.1 Å². The molecule has 0 aromatic heterocycles. The van der Waals surface area contributed by atoms with Gasteiger partial charge in [0.05, 0.1) is 5.97 Å². The van der Waals surface area contributed by atoms with Gasteiger partial charge in [-0.05, 0) is 24.8 Å². The van der Waals surface area contributed by atoms with E-state index in [1.54, 1.807) is 6.08 Å². The molecule has 1 unspecified atom stereocenters. The summed E-state index contributed by atoms with van der Waals surface area (Å²) < 4.78 is 0. The van der Waals surface area contributed by atoms with E-state index in [1.165, 1.54) is 0 Å². The average molecular weight is 153 g/mol. The highest BCUT2D eigenvalue weighted by Crippen LogP contribution is 2.05. The monoisotopic (exact) mass is 153 g/mol. The van der Waals surface area contributed by atoms with Crippen LogP contribution in [0.3, 0.4) is 0 Å². The van der Waals surface area contributed by atoms with Gasteiger partial charge in [-0.15, -0.1) is 6.58 Å². The van der Waals surface area contributed by atoms with Gasteiger partial charge in [-0.25, -0.2) is 0 Å². The minimum absolute atomic E-state index is 0.446. The molecule has 0 fully saturated rings. The molecule has 2 heteroatoms. The summed E-state index contributed by atoms with van der Waals surface area (Å²) in [7, 11) is 0. The van der Waals surface area contributed by atoms with Crippen LogP contribution in [0.2, 0.25) is 0 Å². The molecule has 0 aromatic rings. The molecule has 0 aliphatic rings. The van der Waals surface area contributed by atoms with Crippen LogP contribution in [-0.2, 0) is 4.79 Å². The summed E-state index contributed by atoms with van der Waals surface area (Å²) in [6.45, 7) is 5.66. The van der Waals surface area contributed by atoms with E-state index < -0.39 is 5.97 Å². The fourth-order valence-electron chi connectivity index (χ4n) is 0.657. The molecule has 0 spiro atoms. The second kappa shape index (κ2) is 5.71. The second-order valence-corrected chi connectivity index (χ2v) is 2.51. The van der Waals surface area contributed by atoms with Gasteiger partial charge in [0.15, 0.2) is 0 Å². The van der Waals surface area contributed by atoms with E-state index in [0.29, 0.717) is 5.92 Å². The smallest absolute Gasteiger partial charge is 0.0639 e. The van der Waals surface area contributed by atoms with Gasteiger partial charge in [0.25, 0.3) is 0 Å². The zero-order chi connectivity index (χ0) is 8.69. The summed E-state index contributed by atoms with van der Waals surface area (Å²) >= 11 is 0. The van der Waals surface area contributed by atoms with Gasteiger partial charge in [-0.1, -0.05) is 19.1 Å². The summed E-state index contributed by atoms with van der Waals surface area (Å²) in [5.41, 5.74) is 0. The maximum atomic E-state index is 9.90. The predicted octanol–water partition coefficient (Wildman–Crippen LogP) is 0.895. The third-order valence-corrected chi connectivity index (χ3v) is 1.44. The Morgan fingerprint density at radius 1 is 1.73 bits per heavy atom. The van der Waals surface area contributed by atoms with E-state index in [1.807, 2.05) is 13.0 Å². The summed E-state index contributed by atoms with van der Waals surface area (Å²) in [5, 5.41) is 9.90. The lowest BCUT2D eigenvalue weighted by Crippen LogP contribution is -2.18. The van der Waals surface area contributed by atoms with Crippen LogP contribution >= 0.6 is 0 Å². The molecular weight excluding hydrogens is 140 g/mol. The lowest BCUT2D eigenvalue weighted by molar-refractivity contribution is -0.297. The molecule has 0 aliphatic heterocycles. The maximum Gasteiger partial charge on any atom is 0.0639 e. The largest absolute Gasteiger partial charge is 0.545 e. The van der Waals surface area contributed by atoms with Crippen molar-refractivity contribution in [3.63, 3.8) is 0 Å². The molecule has 0 N–H and O–H groups in total. The highest BCUT2D eigenvalue weighted by atomic mass is 16.4. The van der Waals surface area contributed by atoms with Crippen molar-refractivity contribution in [3.8, 4) is 0 Å². The molecule has 0 saturated heterocycles. The first-order valence-electron chi connectivity index (χ1n) is 3.67. The van der Waals surface area contributed by atoms with E-state index in [9.17, 15) is 9.90 Å². The van der Waals surface area contributed by atoms with Crippen molar-refractivity contribution >= 4 is 5.97 Å². The summed E-state index contributed by atoms with van der Waals surface area (Å²) in [5.74, 6) is -0.683. The van der Waals surface area contributed by atoms with Crippen molar-refractivity contribution in [3.05, 3.63) is 24.8 Å². The van der Waals surface area contributed by atoms with E-state index in [-0.39, 0.29) is 0 Å². The number of carbonyl (C=O) groups excluding carboxylic acids is 1. The van der Waals surface area contributed by atoms with Crippen LogP contribution in [0.4, 0.5) is 0 Å². The van der Waals surface area contributed by atoms with Crippen LogP contribution in [0.15, 0.2) is 24.8 Å². The molecule has 11 heavy (non-hydrogen) atoms. The molecule has 0 aliphatic carbocycles. The molecule has 0 heterocycles. The van der Waals surface area contributed by atoms with Gasteiger partial charge in [-0.2, -0.15) is 0 Å². The van der Waals surface area contributed by atoms with Crippen LogP contribution in [0.1, 0.15) is 19.8 Å². The van der Waals surface area contributed by atoms with Crippen LogP contribution in [0.5, 0.6) is 0 Å². The van der Waals surface area contributed by atoms with Crippen LogP contribution in [0.25, 0.3) is 0 Å². The van der Waals surface area contributed by atoms with Crippen molar-refractivity contribution in [1.82, 2.24) is 0 Å². The van der Waals surface area contributed by atoms with Gasteiger partial charge in [0.2, 0.25) is 0 Å². The number of rotatable bonds is 5. The van der Waals surface area contributed by atoms with E-state index in [0.717, 1.165) is 18.9 Å². The predicted molar refractivity (Wildman–Crippen MR) is 42.7 cm³/mol. The minimum atomic E-state index is -1.13. The van der Waals surface area contributed by atoms with E-state index in [2.05, 4.69) is 6.58 Å². The lowest BCUT2D eigenvalue weighted by Gasteiger charge is -2.00. The Morgan fingerprint density at radius 3 is 2.82 bits per heavy atom. The Hall–Kier alpha value is -1.05. The van der Waals surface area contributed by atoms with E-state index in [4.69, 9.17) is 0 Å². The fourth-order valence-corrected chi connectivity index (χ4v) is 0.657. The first-order chi connectivity index (χ1) is 5.16. The summed E-state index contributed by atoms with van der Waals surface area (Å²) in [6.07, 6.45) is 6.23. The number of allylic oxidation sites excluding steroid dienone is 2. The Labute approximate surface area is 67.2 Å². The van der Waals surface area contributed by atoms with Crippen LogP contribution in [0, 0.1) is 5.92 Å². The van der Waals surface area contributed by atoms with Crippen LogP contribution < -0.4 is 5.11 Å². The maximum absolute atomic E-state index is 9.90. The third kappa shape index (κ3) is 6.84. The lowest BCUT2D eigenvalue weighted by atomic mass is 10.1. The van der Waals surface area contributed by atoms with Gasteiger partial charge in [-0.3, -0.25) is 0 Å². The van der Waals surface area contributed by atoms with Gasteiger partial charge < -0.3 is 9.90 Å². The Bertz CT molecular complexity index is 159. The first-order valence-corrected chi connectivity index (χ1v) is 3.67. The number of hydrogen-bond acceptors (Lipinski definition) is 2. The molecule has 0 bridgehead atoms. The van der Waals surface area contributed by atoms with Gasteiger partial charge in [0.1, 0.15) is 0 Å². The molecule has 0 amide bonds. The Morgan fingerprint density at radius 2 is 2.36 bits per heavy atom. The molecule has 0 radical (unpaired) electrons. The fraction of sp³-hybridized carbons (Fsp3) is 0.444. The third-order valence-electron chi connectivity index (χ3n) is 1.44. The highest BCUT2D eigenvalue weighted by molar-refractivity contribution is 5.77. The number of carboxylic acid groups (broad SMARTS) is 1. The van der Waals surface area contributed by atoms with Gasteiger partial charge >= 0.3 is 0 Å². The Balaban J connectivity index is 3.41. The normalized spacial score (nSPS) is 13.2. The van der Waals surface area contributed by atoms with Crippen LogP contribution in [-0.4, -0.2) is 5.97 Å². The SMILES string of the molecule is C=CC(C)CC/C=C/C(=O)[O-]. The quantitative estimate of drug-likeness (QED) is 0.435. The number of aliphatic carboxylic acids is 1. The number of hydrogen-bond donors (Lipinski definition) is 0. The molecule has 2 nitrogen and oxygen atoms in total. The highest BCUT2D eigenvalue weighted by Gasteiger charge is 1.91. The molecular formula is C9H13O2-. The molecule has 62 valence electrons. The Kier molecular flexibility index (Phi) is 5.17. The van der Waals surface area contributed by atoms with Crippen molar-refractivity contribution in [2.45, 2.75) is 19.8 Å². The van der Waals surface area contributed by atoms with Crippen molar-refractivity contribution in [1.29, 1.82) is 0 Å². The first kappa shape index (κ1) is 9.95. The molecule has 0 aromatic carbocycles. The minimum Gasteiger partial charge on any atom is -0.545 e. The number of carboxylic acids is 1. The average Bonchev–Trinajstić information content (AvgIpc) is 1.97. The van der Waals surface area contributed by atoms with E-state index >= 15 is 0 Å². The molecule has 1 atom stereocenters. The zero-order valence-corrected chi connectivity index (χ0v) is 6.75. The molecule has 0 rings (SSSR count). The van der Waals surface area contributed by atoms with Gasteiger partial charge in [0, 0.05) is 0 Å². The summed E-state index contributed by atoms with van der Waals surface area (Å²) in [4.78, 5) is 9.90. The van der Waals surface area contributed by atoms with Crippen molar-refractivity contribution < 1.29 is 9.90 Å². The molecule has 0 saturated carbocycles. The summed E-state index contributed by atoms with van der Waals surface area (Å²) in [6, 6.07) is 0.